The molecule has 1 aliphatic rings. The summed E-state index contributed by atoms with van der Waals surface area (Å²) in [6.45, 7) is -0.121. The van der Waals surface area contributed by atoms with Gasteiger partial charge in [0.2, 0.25) is 0 Å². The number of amides is 1. The van der Waals surface area contributed by atoms with Crippen LogP contribution < -0.4 is 19.6 Å². The Morgan fingerprint density at radius 2 is 1.75 bits per heavy atom. The fraction of sp³-hybridized carbons (Fsp3) is 0.250. The maximum atomic E-state index is 12.2. The molecule has 1 saturated heterocycles. The molecule has 166 valence electrons. The van der Waals surface area contributed by atoms with Crippen molar-refractivity contribution in [1.29, 1.82) is 0 Å². The summed E-state index contributed by atoms with van der Waals surface area (Å²) in [4.78, 5) is 12.2. The van der Waals surface area contributed by atoms with Gasteiger partial charge in [-0.15, -0.1) is 23.5 Å². The first-order chi connectivity index (χ1) is 15.7. The Hall–Kier alpha value is -2.84. The highest BCUT2D eigenvalue weighted by Gasteiger charge is 2.18. The lowest BCUT2D eigenvalue weighted by Crippen LogP contribution is -2.24. The third kappa shape index (κ3) is 5.31. The van der Waals surface area contributed by atoms with E-state index in [0.717, 1.165) is 22.1 Å². The van der Waals surface area contributed by atoms with Gasteiger partial charge in [-0.05, 0) is 46.7 Å². The van der Waals surface area contributed by atoms with Gasteiger partial charge in [-0.1, -0.05) is 24.3 Å². The molecule has 0 aromatic heterocycles. The van der Waals surface area contributed by atoms with Gasteiger partial charge in [-0.25, -0.2) is 5.43 Å². The van der Waals surface area contributed by atoms with Gasteiger partial charge < -0.3 is 14.2 Å². The van der Waals surface area contributed by atoms with E-state index in [1.165, 1.54) is 17.1 Å². The van der Waals surface area contributed by atoms with Crippen LogP contribution in [-0.4, -0.2) is 44.5 Å². The number of nitrogens with zero attached hydrogens (tertiary/aromatic N) is 1. The Labute approximate surface area is 195 Å². The molecule has 0 saturated carbocycles. The average molecular weight is 469 g/mol. The number of carbonyl (C=O) groups is 1. The first-order valence-corrected chi connectivity index (χ1v) is 12.2. The second kappa shape index (κ2) is 10.7. The van der Waals surface area contributed by atoms with Crippen LogP contribution in [0.1, 0.15) is 15.7 Å². The van der Waals surface area contributed by atoms with Crippen molar-refractivity contribution in [3.05, 3.63) is 65.7 Å². The van der Waals surface area contributed by atoms with E-state index < -0.39 is 0 Å². The first kappa shape index (κ1) is 22.4. The topological polar surface area (TPSA) is 69.2 Å². The van der Waals surface area contributed by atoms with Gasteiger partial charge in [0, 0.05) is 17.1 Å². The van der Waals surface area contributed by atoms with Gasteiger partial charge in [-0.3, -0.25) is 4.79 Å². The molecule has 1 N–H and O–H groups in total. The quantitative estimate of drug-likeness (QED) is 0.376. The van der Waals surface area contributed by atoms with Crippen LogP contribution >= 0.6 is 23.5 Å². The number of nitrogens with one attached hydrogen (secondary N) is 1. The van der Waals surface area contributed by atoms with Crippen LogP contribution in [0.4, 0.5) is 0 Å². The summed E-state index contributed by atoms with van der Waals surface area (Å²) < 4.78 is 16.9. The van der Waals surface area contributed by atoms with Crippen molar-refractivity contribution in [3.8, 4) is 17.2 Å². The fourth-order valence-corrected chi connectivity index (χ4v) is 6.22. The number of hydrogen-bond acceptors (Lipinski definition) is 7. The number of benzene rings is 3. The minimum absolute atomic E-state index is 0.121. The van der Waals surface area contributed by atoms with Crippen molar-refractivity contribution in [2.24, 2.45) is 5.10 Å². The van der Waals surface area contributed by atoms with Gasteiger partial charge in [0.15, 0.2) is 6.61 Å². The van der Waals surface area contributed by atoms with Crippen LogP contribution in [0.3, 0.4) is 0 Å². The Kier molecular flexibility index (Phi) is 7.44. The molecule has 1 amide bonds. The molecule has 0 spiro atoms. The normalized spacial score (nSPS) is 14.1. The summed E-state index contributed by atoms with van der Waals surface area (Å²) in [6, 6.07) is 17.5. The van der Waals surface area contributed by atoms with Crippen LogP contribution in [0.25, 0.3) is 10.8 Å². The maximum Gasteiger partial charge on any atom is 0.277 e. The molecule has 8 heteroatoms. The predicted molar refractivity (Wildman–Crippen MR) is 132 cm³/mol. The van der Waals surface area contributed by atoms with Crippen LogP contribution in [0.15, 0.2) is 59.7 Å². The third-order valence-corrected chi connectivity index (χ3v) is 8.08. The predicted octanol–water partition coefficient (Wildman–Crippen LogP) is 4.86. The number of methoxy groups -OCH3 is 2. The van der Waals surface area contributed by atoms with E-state index in [-0.39, 0.29) is 12.5 Å². The molecule has 0 atom stereocenters. The van der Waals surface area contributed by atoms with Gasteiger partial charge in [-0.2, -0.15) is 5.10 Å². The Bertz CT molecular complexity index is 1110. The van der Waals surface area contributed by atoms with E-state index in [9.17, 15) is 4.79 Å². The summed E-state index contributed by atoms with van der Waals surface area (Å²) in [5.41, 5.74) is 4.54. The summed E-state index contributed by atoms with van der Waals surface area (Å²) in [5, 5.41) is 6.03. The highest BCUT2D eigenvalue weighted by atomic mass is 32.2. The molecular formula is C24H24N2O4S2. The molecule has 3 aromatic rings. The largest absolute Gasteiger partial charge is 0.497 e. The number of hydrogen-bond donors (Lipinski definition) is 1. The number of hydrazone groups is 1. The van der Waals surface area contributed by atoms with Crippen LogP contribution in [-0.2, 0) is 4.79 Å². The minimum atomic E-state index is -0.344. The van der Waals surface area contributed by atoms with Crippen molar-refractivity contribution in [2.45, 2.75) is 4.58 Å². The molecule has 1 heterocycles. The second-order valence-electron chi connectivity index (χ2n) is 6.99. The molecule has 0 unspecified atom stereocenters. The zero-order valence-electron chi connectivity index (χ0n) is 17.9. The molecule has 32 heavy (non-hydrogen) atoms. The van der Waals surface area contributed by atoms with Crippen molar-refractivity contribution in [1.82, 2.24) is 5.43 Å². The van der Waals surface area contributed by atoms with Crippen LogP contribution in [0, 0.1) is 0 Å². The van der Waals surface area contributed by atoms with E-state index in [1.807, 2.05) is 66.0 Å². The zero-order valence-corrected chi connectivity index (χ0v) is 19.5. The molecule has 0 radical (unpaired) electrons. The summed E-state index contributed by atoms with van der Waals surface area (Å²) >= 11 is 3.92. The van der Waals surface area contributed by atoms with Crippen molar-refractivity contribution in [2.75, 3.05) is 32.3 Å². The number of fused-ring (bicyclic) bond motifs is 1. The zero-order chi connectivity index (χ0) is 22.3. The number of rotatable bonds is 8. The maximum absolute atomic E-state index is 12.2. The lowest BCUT2D eigenvalue weighted by atomic mass is 10.0. The smallest absolute Gasteiger partial charge is 0.277 e. The van der Waals surface area contributed by atoms with E-state index in [1.54, 1.807) is 20.4 Å². The van der Waals surface area contributed by atoms with E-state index in [0.29, 0.717) is 16.1 Å². The van der Waals surface area contributed by atoms with E-state index in [2.05, 4.69) is 22.7 Å². The first-order valence-electron chi connectivity index (χ1n) is 10.1. The van der Waals surface area contributed by atoms with Crippen LogP contribution in [0.5, 0.6) is 17.2 Å². The Balaban J connectivity index is 1.37. The lowest BCUT2D eigenvalue weighted by molar-refractivity contribution is -0.123. The van der Waals surface area contributed by atoms with Crippen LogP contribution in [0.2, 0.25) is 0 Å². The Morgan fingerprint density at radius 3 is 2.47 bits per heavy atom. The summed E-state index contributed by atoms with van der Waals surface area (Å²) in [5.74, 6) is 4.07. The fourth-order valence-electron chi connectivity index (χ4n) is 3.36. The molecule has 0 bridgehead atoms. The monoisotopic (exact) mass is 468 g/mol. The van der Waals surface area contributed by atoms with Gasteiger partial charge >= 0.3 is 0 Å². The molecule has 1 fully saturated rings. The molecule has 3 aromatic carbocycles. The molecule has 6 nitrogen and oxygen atoms in total. The SMILES string of the molecule is COc1ccc2ccc(OC)c(/C=N\NC(=O)COc3ccc(C4SCCS4)cc3)c2c1. The van der Waals surface area contributed by atoms with Gasteiger partial charge in [0.05, 0.1) is 25.0 Å². The molecule has 4 rings (SSSR count). The van der Waals surface area contributed by atoms with Crippen molar-refractivity contribution in [3.63, 3.8) is 0 Å². The summed E-state index contributed by atoms with van der Waals surface area (Å²) in [7, 11) is 3.22. The second-order valence-corrected chi connectivity index (χ2v) is 9.72. The number of ether oxygens (including phenoxy) is 3. The highest BCUT2D eigenvalue weighted by Crippen LogP contribution is 2.45. The van der Waals surface area contributed by atoms with Crippen molar-refractivity contribution >= 4 is 46.4 Å². The molecule has 1 aliphatic heterocycles. The molecule has 0 aliphatic carbocycles. The Morgan fingerprint density at radius 1 is 1.03 bits per heavy atom. The van der Waals surface area contributed by atoms with Gasteiger partial charge in [0.25, 0.3) is 5.91 Å². The van der Waals surface area contributed by atoms with E-state index >= 15 is 0 Å². The lowest BCUT2D eigenvalue weighted by Gasteiger charge is -2.10. The highest BCUT2D eigenvalue weighted by molar-refractivity contribution is 8.19. The summed E-state index contributed by atoms with van der Waals surface area (Å²) in [6.07, 6.45) is 1.57. The van der Waals surface area contributed by atoms with Gasteiger partial charge in [0.1, 0.15) is 17.2 Å². The van der Waals surface area contributed by atoms with Crippen molar-refractivity contribution < 1.29 is 19.0 Å². The number of carbonyl (C=O) groups excluding carboxylic acids is 1. The molecular weight excluding hydrogens is 444 g/mol. The number of thioether (sulfide) groups is 2. The standard InChI is InChI=1S/C24H24N2O4S2/c1-28-19-9-3-16-6-10-22(29-2)21(20(16)13-19)14-25-26-23(27)15-30-18-7-4-17(5-8-18)24-31-11-12-32-24/h3-10,13-14,24H,11-12,15H2,1-2H3,(H,26,27)/b25-14-. The third-order valence-electron chi connectivity index (χ3n) is 4.98. The minimum Gasteiger partial charge on any atom is -0.497 e. The average Bonchev–Trinajstić information content (AvgIpc) is 3.38. The van der Waals surface area contributed by atoms with E-state index in [4.69, 9.17) is 14.2 Å².